The van der Waals surface area contributed by atoms with Gasteiger partial charge in [-0.05, 0) is 38.1 Å². The number of aromatic amines is 1. The van der Waals surface area contributed by atoms with Crippen LogP contribution in [0.15, 0.2) is 42.5 Å². The van der Waals surface area contributed by atoms with Crippen LogP contribution in [0, 0.1) is 6.92 Å². The maximum absolute atomic E-state index is 11.6. The Morgan fingerprint density at radius 1 is 1.19 bits per heavy atom. The third-order valence-corrected chi connectivity index (χ3v) is 3.57. The molecule has 3 nitrogen and oxygen atoms in total. The molecule has 106 valence electrons. The van der Waals surface area contributed by atoms with Crippen molar-refractivity contribution in [3.05, 3.63) is 53.6 Å². The molecule has 3 aromatic rings. The van der Waals surface area contributed by atoms with E-state index in [2.05, 4.69) is 4.98 Å². The Labute approximate surface area is 123 Å². The van der Waals surface area contributed by atoms with Crippen LogP contribution in [0.2, 0.25) is 0 Å². The highest BCUT2D eigenvalue weighted by molar-refractivity contribution is 6.05. The number of rotatable bonds is 4. The SMILES string of the molecule is CCOc1ccccc1-c1[nH]c2ccc(C)cc2c1C=O. The Morgan fingerprint density at radius 3 is 2.76 bits per heavy atom. The highest BCUT2D eigenvalue weighted by Gasteiger charge is 2.15. The van der Waals surface area contributed by atoms with Gasteiger partial charge < -0.3 is 9.72 Å². The van der Waals surface area contributed by atoms with E-state index < -0.39 is 0 Å². The van der Waals surface area contributed by atoms with Crippen molar-refractivity contribution < 1.29 is 9.53 Å². The summed E-state index contributed by atoms with van der Waals surface area (Å²) in [5.41, 5.74) is 4.50. The van der Waals surface area contributed by atoms with Gasteiger partial charge in [0.2, 0.25) is 0 Å². The predicted molar refractivity (Wildman–Crippen MR) is 85.0 cm³/mol. The second-order valence-corrected chi connectivity index (χ2v) is 5.01. The fourth-order valence-electron chi connectivity index (χ4n) is 2.62. The standard InChI is InChI=1S/C18H17NO2/c1-3-21-17-7-5-4-6-13(17)18-15(11-20)14-10-12(2)8-9-16(14)19-18/h4-11,19H,3H2,1-2H3. The summed E-state index contributed by atoms with van der Waals surface area (Å²) in [6, 6.07) is 13.8. The minimum absolute atomic E-state index is 0.590. The molecule has 0 saturated carbocycles. The molecular weight excluding hydrogens is 262 g/mol. The third kappa shape index (κ3) is 2.31. The number of carbonyl (C=O) groups is 1. The van der Waals surface area contributed by atoms with Gasteiger partial charge in [-0.25, -0.2) is 0 Å². The summed E-state index contributed by atoms with van der Waals surface area (Å²) in [6.07, 6.45) is 0.913. The molecule has 0 amide bonds. The van der Waals surface area contributed by atoms with E-state index in [0.717, 1.165) is 39.8 Å². The lowest BCUT2D eigenvalue weighted by atomic mass is 10.0. The number of fused-ring (bicyclic) bond motifs is 1. The van der Waals surface area contributed by atoms with E-state index in [0.29, 0.717) is 12.2 Å². The van der Waals surface area contributed by atoms with Gasteiger partial charge >= 0.3 is 0 Å². The van der Waals surface area contributed by atoms with Crippen LogP contribution >= 0.6 is 0 Å². The molecule has 0 unspecified atom stereocenters. The zero-order chi connectivity index (χ0) is 14.8. The molecule has 3 rings (SSSR count). The molecule has 1 heterocycles. The largest absolute Gasteiger partial charge is 0.493 e. The van der Waals surface area contributed by atoms with E-state index in [1.807, 2.05) is 56.3 Å². The lowest BCUT2D eigenvalue weighted by Crippen LogP contribution is -1.95. The minimum Gasteiger partial charge on any atom is -0.493 e. The fraction of sp³-hybridized carbons (Fsp3) is 0.167. The smallest absolute Gasteiger partial charge is 0.152 e. The number of nitrogens with one attached hydrogen (secondary N) is 1. The molecule has 2 aromatic carbocycles. The van der Waals surface area contributed by atoms with E-state index in [4.69, 9.17) is 4.74 Å². The van der Waals surface area contributed by atoms with Gasteiger partial charge in [-0.3, -0.25) is 4.79 Å². The highest BCUT2D eigenvalue weighted by Crippen LogP contribution is 2.35. The average Bonchev–Trinajstić information content (AvgIpc) is 2.85. The van der Waals surface area contributed by atoms with Crippen LogP contribution in [0.4, 0.5) is 0 Å². The van der Waals surface area contributed by atoms with Crippen molar-refractivity contribution in [2.45, 2.75) is 13.8 Å². The maximum atomic E-state index is 11.6. The highest BCUT2D eigenvalue weighted by atomic mass is 16.5. The molecule has 0 aliphatic rings. The predicted octanol–water partition coefficient (Wildman–Crippen LogP) is 4.35. The van der Waals surface area contributed by atoms with Gasteiger partial charge in [0.1, 0.15) is 5.75 Å². The summed E-state index contributed by atoms with van der Waals surface area (Å²) < 4.78 is 5.67. The Kier molecular flexibility index (Phi) is 3.48. The van der Waals surface area contributed by atoms with Crippen molar-refractivity contribution in [1.82, 2.24) is 4.98 Å². The first kappa shape index (κ1) is 13.4. The fourth-order valence-corrected chi connectivity index (χ4v) is 2.62. The number of carbonyl (C=O) groups excluding carboxylic acids is 1. The number of H-pyrrole nitrogens is 1. The van der Waals surface area contributed by atoms with Gasteiger partial charge in [0, 0.05) is 22.0 Å². The molecule has 0 spiro atoms. The summed E-state index contributed by atoms with van der Waals surface area (Å²) in [5.74, 6) is 0.784. The maximum Gasteiger partial charge on any atom is 0.152 e. The second-order valence-electron chi connectivity index (χ2n) is 5.01. The molecule has 0 saturated heterocycles. The minimum atomic E-state index is 0.590. The summed E-state index contributed by atoms with van der Waals surface area (Å²) >= 11 is 0. The van der Waals surface area contributed by atoms with E-state index >= 15 is 0 Å². The normalized spacial score (nSPS) is 10.8. The monoisotopic (exact) mass is 279 g/mol. The van der Waals surface area contributed by atoms with Crippen LogP contribution in [0.25, 0.3) is 22.2 Å². The average molecular weight is 279 g/mol. The molecule has 0 aliphatic heterocycles. The number of hydrogen-bond acceptors (Lipinski definition) is 2. The molecule has 0 bridgehead atoms. The number of aromatic nitrogens is 1. The number of ether oxygens (including phenoxy) is 1. The Hall–Kier alpha value is -2.55. The topological polar surface area (TPSA) is 42.1 Å². The molecular formula is C18H17NO2. The van der Waals surface area contributed by atoms with E-state index in [-0.39, 0.29) is 0 Å². The molecule has 0 radical (unpaired) electrons. The summed E-state index contributed by atoms with van der Waals surface area (Å²) in [5, 5.41) is 0.950. The van der Waals surface area contributed by atoms with Crippen LogP contribution in [-0.2, 0) is 0 Å². The lowest BCUT2D eigenvalue weighted by Gasteiger charge is -2.09. The van der Waals surface area contributed by atoms with Gasteiger partial charge in [-0.2, -0.15) is 0 Å². The van der Waals surface area contributed by atoms with Crippen LogP contribution in [-0.4, -0.2) is 17.9 Å². The van der Waals surface area contributed by atoms with Gasteiger partial charge in [0.15, 0.2) is 6.29 Å². The Morgan fingerprint density at radius 2 is 2.00 bits per heavy atom. The number of aldehydes is 1. The van der Waals surface area contributed by atoms with Gasteiger partial charge in [-0.1, -0.05) is 23.8 Å². The number of hydrogen-bond donors (Lipinski definition) is 1. The zero-order valence-electron chi connectivity index (χ0n) is 12.1. The molecule has 1 aromatic heterocycles. The van der Waals surface area contributed by atoms with Crippen molar-refractivity contribution >= 4 is 17.2 Å². The van der Waals surface area contributed by atoms with E-state index in [1.54, 1.807) is 0 Å². The summed E-state index contributed by atoms with van der Waals surface area (Å²) in [7, 11) is 0. The molecule has 21 heavy (non-hydrogen) atoms. The first-order valence-corrected chi connectivity index (χ1v) is 7.04. The Bertz CT molecular complexity index is 802. The quantitative estimate of drug-likeness (QED) is 0.721. The first-order chi connectivity index (χ1) is 10.2. The second kappa shape index (κ2) is 5.44. The van der Waals surface area contributed by atoms with E-state index in [1.165, 1.54) is 0 Å². The van der Waals surface area contributed by atoms with Gasteiger partial charge in [0.25, 0.3) is 0 Å². The molecule has 0 aliphatic carbocycles. The van der Waals surface area contributed by atoms with Crippen LogP contribution in [0.1, 0.15) is 22.8 Å². The Balaban J connectivity index is 2.27. The van der Waals surface area contributed by atoms with Crippen molar-refractivity contribution in [3.63, 3.8) is 0 Å². The van der Waals surface area contributed by atoms with Crippen molar-refractivity contribution in [3.8, 4) is 17.0 Å². The van der Waals surface area contributed by atoms with Crippen LogP contribution in [0.5, 0.6) is 5.75 Å². The number of aryl methyl sites for hydroxylation is 1. The molecule has 0 atom stereocenters. The first-order valence-electron chi connectivity index (χ1n) is 7.04. The number of para-hydroxylation sites is 1. The van der Waals surface area contributed by atoms with Gasteiger partial charge in [-0.15, -0.1) is 0 Å². The van der Waals surface area contributed by atoms with E-state index in [9.17, 15) is 4.79 Å². The summed E-state index contributed by atoms with van der Waals surface area (Å²) in [4.78, 5) is 14.9. The van der Waals surface area contributed by atoms with Crippen molar-refractivity contribution in [1.29, 1.82) is 0 Å². The van der Waals surface area contributed by atoms with Crippen molar-refractivity contribution in [2.24, 2.45) is 0 Å². The van der Waals surface area contributed by atoms with Crippen molar-refractivity contribution in [2.75, 3.05) is 6.61 Å². The zero-order valence-corrected chi connectivity index (χ0v) is 12.1. The van der Waals surface area contributed by atoms with Gasteiger partial charge in [0.05, 0.1) is 12.3 Å². The van der Waals surface area contributed by atoms with Crippen LogP contribution in [0.3, 0.4) is 0 Å². The molecule has 1 N–H and O–H groups in total. The molecule has 3 heteroatoms. The van der Waals surface area contributed by atoms with Crippen LogP contribution < -0.4 is 4.74 Å². The lowest BCUT2D eigenvalue weighted by molar-refractivity contribution is 0.112. The summed E-state index contributed by atoms with van der Waals surface area (Å²) in [6.45, 7) is 4.56. The third-order valence-electron chi connectivity index (χ3n) is 3.57. The number of benzene rings is 2. The molecule has 0 fully saturated rings.